The minimum atomic E-state index is 0.769. The van der Waals surface area contributed by atoms with Gasteiger partial charge in [0.1, 0.15) is 16.2 Å². The molecule has 1 fully saturated rings. The molecule has 0 bridgehead atoms. The first-order valence-electron chi connectivity index (χ1n) is 5.35. The van der Waals surface area contributed by atoms with Gasteiger partial charge in [-0.1, -0.05) is 0 Å². The molecule has 0 atom stereocenters. The van der Waals surface area contributed by atoms with Crippen LogP contribution in [0.25, 0.3) is 0 Å². The second-order valence-electron chi connectivity index (χ2n) is 4.03. The maximum Gasteiger partial charge on any atom is 0.145 e. The number of halogens is 1. The van der Waals surface area contributed by atoms with E-state index in [0.29, 0.717) is 0 Å². The van der Waals surface area contributed by atoms with E-state index in [-0.39, 0.29) is 0 Å². The van der Waals surface area contributed by atoms with Gasteiger partial charge in [-0.25, -0.2) is 15.0 Å². The predicted molar refractivity (Wildman–Crippen MR) is 67.2 cm³/mol. The summed E-state index contributed by atoms with van der Waals surface area (Å²) in [6.07, 6.45) is 0. The SMILES string of the molecule is Cc1nc(Br)cc(NN2CCN(C)CC2)n1. The van der Waals surface area contributed by atoms with Gasteiger partial charge in [-0.05, 0) is 29.9 Å². The molecule has 1 aromatic rings. The molecule has 0 spiro atoms. The quantitative estimate of drug-likeness (QED) is 0.825. The summed E-state index contributed by atoms with van der Waals surface area (Å²) in [5.74, 6) is 1.62. The molecule has 1 saturated heterocycles. The zero-order valence-corrected chi connectivity index (χ0v) is 11.2. The van der Waals surface area contributed by atoms with Gasteiger partial charge in [-0.15, -0.1) is 0 Å². The van der Waals surface area contributed by atoms with Crippen molar-refractivity contribution in [2.24, 2.45) is 0 Å². The summed E-state index contributed by atoms with van der Waals surface area (Å²) in [4.78, 5) is 10.8. The van der Waals surface area contributed by atoms with E-state index in [4.69, 9.17) is 0 Å². The largest absolute Gasteiger partial charge is 0.304 e. The number of hydrogen-bond acceptors (Lipinski definition) is 5. The van der Waals surface area contributed by atoms with Crippen LogP contribution in [0.15, 0.2) is 10.7 Å². The Bertz CT molecular complexity index is 342. The van der Waals surface area contributed by atoms with Gasteiger partial charge in [0, 0.05) is 32.2 Å². The predicted octanol–water partition coefficient (Wildman–Crippen LogP) is 1.12. The average Bonchev–Trinajstić information content (AvgIpc) is 2.20. The number of piperazine rings is 1. The molecule has 0 unspecified atom stereocenters. The Labute approximate surface area is 104 Å². The minimum absolute atomic E-state index is 0.769. The lowest BCUT2D eigenvalue weighted by Gasteiger charge is -2.32. The molecule has 88 valence electrons. The van der Waals surface area contributed by atoms with Crippen LogP contribution in [0.5, 0.6) is 0 Å². The number of hydrazine groups is 1. The van der Waals surface area contributed by atoms with Crippen molar-refractivity contribution in [3.8, 4) is 0 Å². The van der Waals surface area contributed by atoms with Crippen LogP contribution in [0.1, 0.15) is 5.82 Å². The number of rotatable bonds is 2. The lowest BCUT2D eigenvalue weighted by Crippen LogP contribution is -2.47. The van der Waals surface area contributed by atoms with Crippen LogP contribution in [0.3, 0.4) is 0 Å². The molecule has 0 amide bonds. The first-order valence-corrected chi connectivity index (χ1v) is 6.14. The maximum absolute atomic E-state index is 4.34. The van der Waals surface area contributed by atoms with Crippen LogP contribution in [-0.4, -0.2) is 53.1 Å². The molecular weight excluding hydrogens is 270 g/mol. The average molecular weight is 286 g/mol. The molecular formula is C10H16BrN5. The summed E-state index contributed by atoms with van der Waals surface area (Å²) in [5, 5.41) is 2.19. The smallest absolute Gasteiger partial charge is 0.145 e. The normalized spacial score (nSPS) is 18.7. The van der Waals surface area contributed by atoms with Crippen molar-refractivity contribution in [1.82, 2.24) is 19.9 Å². The van der Waals surface area contributed by atoms with Crippen molar-refractivity contribution in [3.63, 3.8) is 0 Å². The molecule has 6 heteroatoms. The van der Waals surface area contributed by atoms with Gasteiger partial charge in [0.25, 0.3) is 0 Å². The number of nitrogens with zero attached hydrogens (tertiary/aromatic N) is 4. The van der Waals surface area contributed by atoms with E-state index < -0.39 is 0 Å². The van der Waals surface area contributed by atoms with Crippen molar-refractivity contribution in [2.45, 2.75) is 6.92 Å². The lowest BCUT2D eigenvalue weighted by atomic mass is 10.4. The Kier molecular flexibility index (Phi) is 3.73. The van der Waals surface area contributed by atoms with E-state index in [2.05, 4.69) is 48.3 Å². The highest BCUT2D eigenvalue weighted by Gasteiger charge is 2.14. The fourth-order valence-electron chi connectivity index (χ4n) is 1.67. The van der Waals surface area contributed by atoms with E-state index >= 15 is 0 Å². The monoisotopic (exact) mass is 285 g/mol. The van der Waals surface area contributed by atoms with Gasteiger partial charge in [-0.3, -0.25) is 0 Å². The topological polar surface area (TPSA) is 44.3 Å². The number of likely N-dealkylation sites (N-methyl/N-ethyl adjacent to an activating group) is 1. The highest BCUT2D eigenvalue weighted by atomic mass is 79.9. The fraction of sp³-hybridized carbons (Fsp3) is 0.600. The summed E-state index contributed by atoms with van der Waals surface area (Å²) in [6, 6.07) is 1.89. The van der Waals surface area contributed by atoms with E-state index in [0.717, 1.165) is 42.4 Å². The third-order valence-corrected chi connectivity index (χ3v) is 2.99. The standard InChI is InChI=1S/C10H16BrN5/c1-8-12-9(11)7-10(13-8)14-16-5-3-15(2)4-6-16/h7H,3-6H2,1-2H3,(H,12,13,14). The second kappa shape index (κ2) is 5.07. The number of hydrogen-bond donors (Lipinski definition) is 1. The molecule has 2 heterocycles. The van der Waals surface area contributed by atoms with Crippen LogP contribution >= 0.6 is 15.9 Å². The van der Waals surface area contributed by atoms with Gasteiger partial charge in [0.15, 0.2) is 0 Å². The molecule has 1 aromatic heterocycles. The maximum atomic E-state index is 4.34. The molecule has 16 heavy (non-hydrogen) atoms. The van der Waals surface area contributed by atoms with Gasteiger partial charge in [0.2, 0.25) is 0 Å². The number of anilines is 1. The Morgan fingerprint density at radius 2 is 1.94 bits per heavy atom. The summed E-state index contributed by atoms with van der Waals surface area (Å²) < 4.78 is 0.816. The van der Waals surface area contributed by atoms with Crippen LogP contribution < -0.4 is 5.43 Å². The Balaban J connectivity index is 1.98. The Morgan fingerprint density at radius 1 is 1.25 bits per heavy atom. The van der Waals surface area contributed by atoms with E-state index in [1.807, 2.05) is 13.0 Å². The van der Waals surface area contributed by atoms with Crippen LogP contribution in [0.2, 0.25) is 0 Å². The van der Waals surface area contributed by atoms with Gasteiger partial charge < -0.3 is 10.3 Å². The van der Waals surface area contributed by atoms with Crippen molar-refractivity contribution in [1.29, 1.82) is 0 Å². The van der Waals surface area contributed by atoms with E-state index in [1.165, 1.54) is 0 Å². The van der Waals surface area contributed by atoms with Crippen LogP contribution in [-0.2, 0) is 0 Å². The molecule has 0 saturated carbocycles. The molecule has 2 rings (SSSR count). The number of aromatic nitrogens is 2. The second-order valence-corrected chi connectivity index (χ2v) is 4.84. The van der Waals surface area contributed by atoms with Gasteiger partial charge >= 0.3 is 0 Å². The van der Waals surface area contributed by atoms with Crippen LogP contribution in [0.4, 0.5) is 5.82 Å². The first-order chi connectivity index (χ1) is 7.63. The molecule has 0 aromatic carbocycles. The summed E-state index contributed by atoms with van der Waals surface area (Å²) in [7, 11) is 2.14. The molecule has 0 aliphatic carbocycles. The lowest BCUT2D eigenvalue weighted by molar-refractivity contribution is 0.178. The van der Waals surface area contributed by atoms with Crippen molar-refractivity contribution in [2.75, 3.05) is 38.7 Å². The fourth-order valence-corrected chi connectivity index (χ4v) is 2.14. The number of nitrogens with one attached hydrogen (secondary N) is 1. The minimum Gasteiger partial charge on any atom is -0.304 e. The summed E-state index contributed by atoms with van der Waals surface area (Å²) in [5.41, 5.74) is 3.31. The van der Waals surface area contributed by atoms with Crippen molar-refractivity contribution >= 4 is 21.7 Å². The molecule has 0 radical (unpaired) electrons. The van der Waals surface area contributed by atoms with Gasteiger partial charge in [0.05, 0.1) is 0 Å². The third kappa shape index (κ3) is 3.13. The summed E-state index contributed by atoms with van der Waals surface area (Å²) >= 11 is 3.37. The van der Waals surface area contributed by atoms with Crippen LogP contribution in [0, 0.1) is 6.92 Å². The first kappa shape index (κ1) is 11.8. The van der Waals surface area contributed by atoms with E-state index in [1.54, 1.807) is 0 Å². The molecule has 5 nitrogen and oxygen atoms in total. The van der Waals surface area contributed by atoms with E-state index in [9.17, 15) is 0 Å². The molecule has 1 aliphatic heterocycles. The molecule has 1 N–H and O–H groups in total. The number of aryl methyl sites for hydroxylation is 1. The Morgan fingerprint density at radius 3 is 2.56 bits per heavy atom. The summed E-state index contributed by atoms with van der Waals surface area (Å²) in [6.45, 7) is 6.07. The van der Waals surface area contributed by atoms with Crippen molar-refractivity contribution < 1.29 is 0 Å². The molecule has 1 aliphatic rings. The van der Waals surface area contributed by atoms with Crippen molar-refractivity contribution in [3.05, 3.63) is 16.5 Å². The highest BCUT2D eigenvalue weighted by molar-refractivity contribution is 9.10. The highest BCUT2D eigenvalue weighted by Crippen LogP contribution is 2.13. The zero-order valence-electron chi connectivity index (χ0n) is 9.57. The van der Waals surface area contributed by atoms with Gasteiger partial charge in [-0.2, -0.15) is 0 Å². The zero-order chi connectivity index (χ0) is 11.5. The third-order valence-electron chi connectivity index (χ3n) is 2.58. The Hall–Kier alpha value is -0.720.